The van der Waals surface area contributed by atoms with Gasteiger partial charge in [0.05, 0.1) is 6.54 Å². The lowest BCUT2D eigenvalue weighted by Crippen LogP contribution is -2.22. The highest BCUT2D eigenvalue weighted by atomic mass is 79.9. The van der Waals surface area contributed by atoms with E-state index in [1.807, 2.05) is 11.4 Å². The predicted molar refractivity (Wildman–Crippen MR) is 78.5 cm³/mol. The number of nitrogens with two attached hydrogens (primary N) is 2. The van der Waals surface area contributed by atoms with E-state index in [2.05, 4.69) is 21.2 Å². The Balaban J connectivity index is 2.06. The molecule has 0 aliphatic rings. The van der Waals surface area contributed by atoms with E-state index in [1.54, 1.807) is 29.5 Å². The van der Waals surface area contributed by atoms with Crippen LogP contribution < -0.4 is 16.8 Å². The molecule has 0 spiro atoms. The Bertz CT molecular complexity index is 562. The summed E-state index contributed by atoms with van der Waals surface area (Å²) < 4.78 is 1.000. The summed E-state index contributed by atoms with van der Waals surface area (Å²) in [4.78, 5) is 13.0. The van der Waals surface area contributed by atoms with E-state index < -0.39 is 0 Å². The molecular formula is C12H12BrN3OS. The minimum absolute atomic E-state index is 0.186. The number of amides is 1. The summed E-state index contributed by atoms with van der Waals surface area (Å²) in [6.45, 7) is 0.478. The van der Waals surface area contributed by atoms with E-state index in [1.165, 1.54) is 0 Å². The second kappa shape index (κ2) is 5.41. The molecule has 1 heterocycles. The highest BCUT2D eigenvalue weighted by molar-refractivity contribution is 9.10. The van der Waals surface area contributed by atoms with Gasteiger partial charge < -0.3 is 16.8 Å². The van der Waals surface area contributed by atoms with E-state index in [9.17, 15) is 4.79 Å². The first-order chi connectivity index (χ1) is 8.56. The summed E-state index contributed by atoms with van der Waals surface area (Å²) in [5, 5.41) is 4.79. The monoisotopic (exact) mass is 325 g/mol. The highest BCUT2D eigenvalue weighted by Gasteiger charge is 2.08. The minimum atomic E-state index is -0.186. The molecule has 0 fully saturated rings. The lowest BCUT2D eigenvalue weighted by Gasteiger charge is -2.06. The van der Waals surface area contributed by atoms with Gasteiger partial charge in [0.1, 0.15) is 0 Å². The zero-order valence-corrected chi connectivity index (χ0v) is 11.8. The summed E-state index contributed by atoms with van der Waals surface area (Å²) in [6, 6.07) is 6.78. The molecule has 0 aliphatic carbocycles. The number of hydrogen-bond acceptors (Lipinski definition) is 4. The molecule has 1 amide bonds. The average Bonchev–Trinajstić information content (AvgIpc) is 2.70. The molecule has 18 heavy (non-hydrogen) atoms. The summed E-state index contributed by atoms with van der Waals surface area (Å²) in [5.41, 5.74) is 12.7. The van der Waals surface area contributed by atoms with Crippen LogP contribution >= 0.6 is 27.3 Å². The van der Waals surface area contributed by atoms with Gasteiger partial charge in [0, 0.05) is 26.3 Å². The maximum atomic E-state index is 11.9. The smallest absolute Gasteiger partial charge is 0.251 e. The van der Waals surface area contributed by atoms with Crippen molar-refractivity contribution in [2.24, 2.45) is 0 Å². The van der Waals surface area contributed by atoms with E-state index >= 15 is 0 Å². The predicted octanol–water partition coefficient (Wildman–Crippen LogP) is 2.61. The number of carbonyl (C=O) groups is 1. The summed E-state index contributed by atoms with van der Waals surface area (Å²) in [6.07, 6.45) is 0. The summed E-state index contributed by atoms with van der Waals surface area (Å²) >= 11 is 5.00. The number of thiophene rings is 1. The Kier molecular flexibility index (Phi) is 3.88. The van der Waals surface area contributed by atoms with Crippen LogP contribution in [0.25, 0.3) is 0 Å². The largest absolute Gasteiger partial charge is 0.399 e. The van der Waals surface area contributed by atoms with Crippen LogP contribution in [0.1, 0.15) is 15.2 Å². The first kappa shape index (κ1) is 12.9. The van der Waals surface area contributed by atoms with Gasteiger partial charge in [0.25, 0.3) is 5.91 Å². The van der Waals surface area contributed by atoms with Crippen molar-refractivity contribution in [3.8, 4) is 0 Å². The quantitative estimate of drug-likeness (QED) is 0.759. The number of hydrogen-bond donors (Lipinski definition) is 3. The van der Waals surface area contributed by atoms with Crippen molar-refractivity contribution in [3.63, 3.8) is 0 Å². The van der Waals surface area contributed by atoms with E-state index in [0.29, 0.717) is 23.5 Å². The van der Waals surface area contributed by atoms with Gasteiger partial charge in [-0.25, -0.2) is 0 Å². The van der Waals surface area contributed by atoms with Gasteiger partial charge in [-0.3, -0.25) is 4.79 Å². The van der Waals surface area contributed by atoms with Crippen molar-refractivity contribution in [3.05, 3.63) is 44.6 Å². The van der Waals surface area contributed by atoms with Gasteiger partial charge in [0.15, 0.2) is 0 Å². The van der Waals surface area contributed by atoms with Crippen molar-refractivity contribution in [2.45, 2.75) is 6.54 Å². The second-order valence-corrected chi connectivity index (χ2v) is 5.62. The third-order valence-electron chi connectivity index (χ3n) is 2.34. The van der Waals surface area contributed by atoms with Crippen LogP contribution in [0.4, 0.5) is 11.4 Å². The van der Waals surface area contributed by atoms with Crippen LogP contribution in [0.15, 0.2) is 34.1 Å². The van der Waals surface area contributed by atoms with Crippen LogP contribution in [-0.2, 0) is 6.54 Å². The Morgan fingerprint density at radius 3 is 2.50 bits per heavy atom. The molecule has 4 nitrogen and oxygen atoms in total. The molecule has 2 aromatic rings. The van der Waals surface area contributed by atoms with Crippen molar-refractivity contribution in [1.29, 1.82) is 0 Å². The third-order valence-corrected chi connectivity index (χ3v) is 4.27. The SMILES string of the molecule is Nc1cc(N)cc(C(=O)NCc2sccc2Br)c1. The number of carbonyl (C=O) groups excluding carboxylic acids is 1. The Morgan fingerprint density at radius 1 is 1.28 bits per heavy atom. The number of benzene rings is 1. The molecule has 0 bridgehead atoms. The zero-order valence-electron chi connectivity index (χ0n) is 9.44. The molecule has 0 unspecified atom stereocenters. The lowest BCUT2D eigenvalue weighted by molar-refractivity contribution is 0.0951. The fraction of sp³-hybridized carbons (Fsp3) is 0.0833. The third kappa shape index (κ3) is 3.02. The number of nitrogens with one attached hydrogen (secondary N) is 1. The normalized spacial score (nSPS) is 10.3. The molecule has 0 atom stereocenters. The van der Waals surface area contributed by atoms with Crippen molar-refractivity contribution < 1.29 is 4.79 Å². The van der Waals surface area contributed by atoms with Crippen LogP contribution in [-0.4, -0.2) is 5.91 Å². The first-order valence-corrected chi connectivity index (χ1v) is 6.89. The maximum Gasteiger partial charge on any atom is 0.251 e. The van der Waals surface area contributed by atoms with E-state index in [-0.39, 0.29) is 5.91 Å². The maximum absolute atomic E-state index is 11.9. The molecular weight excluding hydrogens is 314 g/mol. The molecule has 5 N–H and O–H groups in total. The van der Waals surface area contributed by atoms with E-state index in [0.717, 1.165) is 9.35 Å². The molecule has 6 heteroatoms. The topological polar surface area (TPSA) is 81.1 Å². The molecule has 1 aromatic heterocycles. The fourth-order valence-corrected chi connectivity index (χ4v) is 2.95. The van der Waals surface area contributed by atoms with Gasteiger partial charge in [-0.2, -0.15) is 0 Å². The average molecular weight is 326 g/mol. The zero-order chi connectivity index (χ0) is 13.1. The van der Waals surface area contributed by atoms with Crippen LogP contribution in [0.5, 0.6) is 0 Å². The Labute approximate surface area is 117 Å². The van der Waals surface area contributed by atoms with Gasteiger partial charge in [-0.15, -0.1) is 11.3 Å². The Morgan fingerprint density at radius 2 is 1.94 bits per heavy atom. The lowest BCUT2D eigenvalue weighted by atomic mass is 10.1. The standard InChI is InChI=1S/C12H12BrN3OS/c13-10-1-2-18-11(10)6-16-12(17)7-3-8(14)5-9(15)4-7/h1-5H,6,14-15H2,(H,16,17). The second-order valence-electron chi connectivity index (χ2n) is 3.76. The summed E-state index contributed by atoms with van der Waals surface area (Å²) in [7, 11) is 0. The molecule has 2 rings (SSSR count). The van der Waals surface area contributed by atoms with Crippen LogP contribution in [0.2, 0.25) is 0 Å². The highest BCUT2D eigenvalue weighted by Crippen LogP contribution is 2.22. The molecule has 0 saturated carbocycles. The van der Waals surface area contributed by atoms with Crippen molar-refractivity contribution in [2.75, 3.05) is 11.5 Å². The van der Waals surface area contributed by atoms with Gasteiger partial charge in [-0.05, 0) is 45.6 Å². The van der Waals surface area contributed by atoms with E-state index in [4.69, 9.17) is 11.5 Å². The van der Waals surface area contributed by atoms with Crippen molar-refractivity contribution >= 4 is 44.5 Å². The fourth-order valence-electron chi connectivity index (χ4n) is 1.52. The number of rotatable bonds is 3. The molecule has 1 aromatic carbocycles. The Hall–Kier alpha value is -1.53. The van der Waals surface area contributed by atoms with Crippen molar-refractivity contribution in [1.82, 2.24) is 5.32 Å². The molecule has 0 saturated heterocycles. The minimum Gasteiger partial charge on any atom is -0.399 e. The van der Waals surface area contributed by atoms with Crippen LogP contribution in [0, 0.1) is 0 Å². The summed E-state index contributed by atoms with van der Waals surface area (Å²) in [5.74, 6) is -0.186. The number of anilines is 2. The molecule has 0 radical (unpaired) electrons. The molecule has 0 aliphatic heterocycles. The number of nitrogen functional groups attached to an aromatic ring is 2. The van der Waals surface area contributed by atoms with Gasteiger partial charge in [-0.1, -0.05) is 0 Å². The van der Waals surface area contributed by atoms with Gasteiger partial charge >= 0.3 is 0 Å². The van der Waals surface area contributed by atoms with Crippen LogP contribution in [0.3, 0.4) is 0 Å². The molecule has 94 valence electrons. The number of halogens is 1. The van der Waals surface area contributed by atoms with Gasteiger partial charge in [0.2, 0.25) is 0 Å². The first-order valence-electron chi connectivity index (χ1n) is 5.22.